The van der Waals surface area contributed by atoms with E-state index in [0.717, 1.165) is 18.4 Å². The first kappa shape index (κ1) is 15.5. The van der Waals surface area contributed by atoms with Gasteiger partial charge in [-0.2, -0.15) is 0 Å². The van der Waals surface area contributed by atoms with E-state index in [1.807, 2.05) is 0 Å². The maximum absolute atomic E-state index is 12.1. The molecule has 2 nitrogen and oxygen atoms in total. The Bertz CT molecular complexity index is 193. The lowest BCUT2D eigenvalue weighted by molar-refractivity contribution is 0.117. The van der Waals surface area contributed by atoms with Gasteiger partial charge in [0.05, 0.1) is 6.04 Å². The minimum atomic E-state index is -2.45. The van der Waals surface area contributed by atoms with E-state index in [4.69, 9.17) is 11.5 Å². The Morgan fingerprint density at radius 3 is 2.44 bits per heavy atom. The zero-order valence-corrected chi connectivity index (χ0v) is 10.1. The zero-order valence-electron chi connectivity index (χ0n) is 10.1. The molecule has 0 saturated heterocycles. The average molecular weight is 234 g/mol. The van der Waals surface area contributed by atoms with Crippen molar-refractivity contribution < 1.29 is 8.78 Å². The zero-order chi connectivity index (χ0) is 12.4. The topological polar surface area (TPSA) is 52.0 Å². The van der Waals surface area contributed by atoms with Gasteiger partial charge in [-0.3, -0.25) is 0 Å². The van der Waals surface area contributed by atoms with Crippen molar-refractivity contribution in [2.75, 3.05) is 6.54 Å². The molecule has 0 radical (unpaired) electrons. The van der Waals surface area contributed by atoms with E-state index < -0.39 is 12.5 Å². The van der Waals surface area contributed by atoms with Gasteiger partial charge in [0, 0.05) is 6.54 Å². The van der Waals surface area contributed by atoms with Crippen LogP contribution in [0.25, 0.3) is 0 Å². The molecule has 16 heavy (non-hydrogen) atoms. The first-order chi connectivity index (χ1) is 7.61. The molecule has 0 aliphatic carbocycles. The molecule has 1 atom stereocenters. The van der Waals surface area contributed by atoms with E-state index in [1.54, 1.807) is 6.08 Å². The van der Waals surface area contributed by atoms with Crippen molar-refractivity contribution in [2.24, 2.45) is 11.5 Å². The number of hydrogen-bond donors (Lipinski definition) is 2. The summed E-state index contributed by atoms with van der Waals surface area (Å²) in [4.78, 5) is 0. The monoisotopic (exact) mass is 234 g/mol. The Kier molecular flexibility index (Phi) is 9.43. The standard InChI is InChI=1S/C12H24F2N2/c1-2-3-4-5-6-10(9-15)7-8-11(16)12(13)14/h7,11-12H,2-6,8-9,15-16H2,1H3/b10-7+. The summed E-state index contributed by atoms with van der Waals surface area (Å²) in [6, 6.07) is -1.06. The summed E-state index contributed by atoms with van der Waals surface area (Å²) in [5.74, 6) is 0. The molecule has 0 heterocycles. The average Bonchev–Trinajstić information content (AvgIpc) is 2.27. The van der Waals surface area contributed by atoms with Crippen LogP contribution in [-0.4, -0.2) is 19.0 Å². The van der Waals surface area contributed by atoms with Crippen molar-refractivity contribution in [1.82, 2.24) is 0 Å². The van der Waals surface area contributed by atoms with Gasteiger partial charge in [-0.25, -0.2) is 8.78 Å². The van der Waals surface area contributed by atoms with Crippen LogP contribution in [0.4, 0.5) is 8.78 Å². The van der Waals surface area contributed by atoms with Crippen molar-refractivity contribution >= 4 is 0 Å². The molecule has 0 aromatic carbocycles. The lowest BCUT2D eigenvalue weighted by Crippen LogP contribution is -2.27. The second kappa shape index (κ2) is 9.73. The van der Waals surface area contributed by atoms with Gasteiger partial charge >= 0.3 is 0 Å². The molecule has 4 N–H and O–H groups in total. The number of rotatable bonds is 9. The molecule has 96 valence electrons. The Morgan fingerprint density at radius 1 is 1.25 bits per heavy atom. The third-order valence-corrected chi connectivity index (χ3v) is 2.62. The number of halogens is 2. The predicted octanol–water partition coefficient (Wildman–Crippen LogP) is 2.82. The molecular weight excluding hydrogens is 210 g/mol. The number of unbranched alkanes of at least 4 members (excludes halogenated alkanes) is 3. The van der Waals surface area contributed by atoms with Crippen LogP contribution in [0.3, 0.4) is 0 Å². The van der Waals surface area contributed by atoms with E-state index in [0.29, 0.717) is 6.54 Å². The highest BCUT2D eigenvalue weighted by Gasteiger charge is 2.13. The van der Waals surface area contributed by atoms with Crippen LogP contribution in [0, 0.1) is 0 Å². The van der Waals surface area contributed by atoms with Gasteiger partial charge in [0.25, 0.3) is 6.43 Å². The number of hydrogen-bond acceptors (Lipinski definition) is 2. The molecule has 0 fully saturated rings. The van der Waals surface area contributed by atoms with Gasteiger partial charge in [-0.15, -0.1) is 0 Å². The molecule has 0 aromatic heterocycles. The first-order valence-electron chi connectivity index (χ1n) is 6.03. The third kappa shape index (κ3) is 7.77. The normalized spacial score (nSPS) is 14.5. The molecule has 4 heteroatoms. The van der Waals surface area contributed by atoms with Crippen molar-refractivity contribution in [3.05, 3.63) is 11.6 Å². The third-order valence-electron chi connectivity index (χ3n) is 2.62. The molecule has 0 saturated carbocycles. The quantitative estimate of drug-likeness (QED) is 0.476. The van der Waals surface area contributed by atoms with Crippen molar-refractivity contribution in [2.45, 2.75) is 57.9 Å². The first-order valence-corrected chi connectivity index (χ1v) is 6.03. The largest absolute Gasteiger partial charge is 0.327 e. The van der Waals surface area contributed by atoms with Gasteiger partial charge in [0.1, 0.15) is 0 Å². The second-order valence-corrected chi connectivity index (χ2v) is 4.11. The maximum atomic E-state index is 12.1. The SMILES string of the molecule is CCCCCC/C(=C\CC(N)C(F)F)CN. The molecule has 0 amide bonds. The summed E-state index contributed by atoms with van der Waals surface area (Å²) in [6.45, 7) is 2.60. The minimum Gasteiger partial charge on any atom is -0.327 e. The van der Waals surface area contributed by atoms with E-state index in [2.05, 4.69) is 6.92 Å². The lowest BCUT2D eigenvalue weighted by Gasteiger charge is -2.09. The Morgan fingerprint density at radius 2 is 1.94 bits per heavy atom. The fourth-order valence-electron chi connectivity index (χ4n) is 1.47. The van der Waals surface area contributed by atoms with Crippen LogP contribution >= 0.6 is 0 Å². The highest BCUT2D eigenvalue weighted by molar-refractivity contribution is 5.04. The Labute approximate surface area is 97.1 Å². The summed E-state index contributed by atoms with van der Waals surface area (Å²) in [5, 5.41) is 0. The molecule has 0 aromatic rings. The van der Waals surface area contributed by atoms with Crippen LogP contribution in [0.1, 0.15) is 45.4 Å². The van der Waals surface area contributed by atoms with E-state index in [-0.39, 0.29) is 6.42 Å². The Hall–Kier alpha value is -0.480. The van der Waals surface area contributed by atoms with Crippen LogP contribution in [0.5, 0.6) is 0 Å². The predicted molar refractivity (Wildman–Crippen MR) is 64.5 cm³/mol. The van der Waals surface area contributed by atoms with Crippen molar-refractivity contribution in [1.29, 1.82) is 0 Å². The summed E-state index contributed by atoms with van der Waals surface area (Å²) >= 11 is 0. The molecule has 1 unspecified atom stereocenters. The molecule has 0 aliphatic rings. The molecule has 0 rings (SSSR count). The van der Waals surface area contributed by atoms with Crippen LogP contribution in [0.2, 0.25) is 0 Å². The number of nitrogens with two attached hydrogens (primary N) is 2. The van der Waals surface area contributed by atoms with E-state index in [1.165, 1.54) is 19.3 Å². The van der Waals surface area contributed by atoms with Gasteiger partial charge in [-0.1, -0.05) is 37.8 Å². The maximum Gasteiger partial charge on any atom is 0.253 e. The molecule has 0 aliphatic heterocycles. The van der Waals surface area contributed by atoms with Gasteiger partial charge in [0.2, 0.25) is 0 Å². The molecular formula is C12H24F2N2. The second-order valence-electron chi connectivity index (χ2n) is 4.11. The summed E-state index contributed by atoms with van der Waals surface area (Å²) in [6.07, 6.45) is 5.13. The van der Waals surface area contributed by atoms with E-state index >= 15 is 0 Å². The highest BCUT2D eigenvalue weighted by atomic mass is 19.3. The highest BCUT2D eigenvalue weighted by Crippen LogP contribution is 2.11. The fraction of sp³-hybridized carbons (Fsp3) is 0.833. The van der Waals surface area contributed by atoms with Crippen LogP contribution in [-0.2, 0) is 0 Å². The molecule has 0 bridgehead atoms. The van der Waals surface area contributed by atoms with Gasteiger partial charge in [0.15, 0.2) is 0 Å². The summed E-state index contributed by atoms with van der Waals surface area (Å²) < 4.78 is 24.3. The minimum absolute atomic E-state index is 0.220. The van der Waals surface area contributed by atoms with Gasteiger partial charge < -0.3 is 11.5 Å². The number of alkyl halides is 2. The van der Waals surface area contributed by atoms with Crippen molar-refractivity contribution in [3.63, 3.8) is 0 Å². The van der Waals surface area contributed by atoms with E-state index in [9.17, 15) is 8.78 Å². The van der Waals surface area contributed by atoms with Crippen LogP contribution in [0.15, 0.2) is 11.6 Å². The lowest BCUT2D eigenvalue weighted by atomic mass is 10.0. The van der Waals surface area contributed by atoms with Crippen molar-refractivity contribution in [3.8, 4) is 0 Å². The smallest absolute Gasteiger partial charge is 0.253 e. The summed E-state index contributed by atoms with van der Waals surface area (Å²) in [7, 11) is 0. The fourth-order valence-corrected chi connectivity index (χ4v) is 1.47. The van der Waals surface area contributed by atoms with Crippen LogP contribution < -0.4 is 11.5 Å². The molecule has 0 spiro atoms. The summed E-state index contributed by atoms with van der Waals surface area (Å²) in [5.41, 5.74) is 11.9. The van der Waals surface area contributed by atoms with Gasteiger partial charge in [-0.05, 0) is 19.3 Å². The Balaban J connectivity index is 3.83.